The third-order valence-electron chi connectivity index (χ3n) is 3.10. The molecule has 0 aliphatic carbocycles. The number of rotatable bonds is 7. The quantitative estimate of drug-likeness (QED) is 0.476. The van der Waals surface area contributed by atoms with E-state index in [2.05, 4.69) is 5.32 Å². The number of halogens is 1. The van der Waals surface area contributed by atoms with Gasteiger partial charge in [-0.25, -0.2) is 0 Å². The van der Waals surface area contributed by atoms with Crippen LogP contribution in [0.4, 0.5) is 0 Å². The van der Waals surface area contributed by atoms with Gasteiger partial charge in [0.05, 0.1) is 12.1 Å². The second kappa shape index (κ2) is 7.78. The summed E-state index contributed by atoms with van der Waals surface area (Å²) in [5.74, 6) is 0.690. The van der Waals surface area contributed by atoms with Crippen LogP contribution < -0.4 is 5.32 Å². The number of methoxy groups -OCH3 is 1. The van der Waals surface area contributed by atoms with Gasteiger partial charge in [-0.2, -0.15) is 0 Å². The van der Waals surface area contributed by atoms with Crippen molar-refractivity contribution in [1.82, 2.24) is 5.32 Å². The number of ether oxygens (including phenoxy) is 1. The number of nitrogens with one attached hydrogen (secondary N) is 1. The fourth-order valence-electron chi connectivity index (χ4n) is 1.72. The first-order valence-electron chi connectivity index (χ1n) is 6.18. The lowest BCUT2D eigenvalue weighted by atomic mass is 9.97. The summed E-state index contributed by atoms with van der Waals surface area (Å²) in [7, 11) is 3.19. The van der Waals surface area contributed by atoms with Crippen molar-refractivity contribution in [3.8, 4) is 0 Å². The van der Waals surface area contributed by atoms with E-state index in [4.69, 9.17) is 16.3 Å². The maximum absolute atomic E-state index is 11.7. The summed E-state index contributed by atoms with van der Waals surface area (Å²) in [5, 5.41) is 3.80. The van der Waals surface area contributed by atoms with E-state index in [-0.39, 0.29) is 5.97 Å². The molecule has 3 nitrogen and oxygen atoms in total. The summed E-state index contributed by atoms with van der Waals surface area (Å²) in [4.78, 5) is 12.7. The number of carbonyl (C=O) groups excluding carboxylic acids is 1. The molecule has 1 atom stereocenters. The molecule has 0 aliphatic rings. The zero-order valence-corrected chi connectivity index (χ0v) is 13.1. The lowest BCUT2D eigenvalue weighted by molar-refractivity contribution is -0.148. The molecular weight excluding hydrogens is 282 g/mol. The Morgan fingerprint density at radius 1 is 1.47 bits per heavy atom. The van der Waals surface area contributed by atoms with Gasteiger partial charge in [-0.1, -0.05) is 23.7 Å². The van der Waals surface area contributed by atoms with Crippen LogP contribution in [0, 0.1) is 0 Å². The molecule has 0 aliphatic heterocycles. The van der Waals surface area contributed by atoms with E-state index in [0.29, 0.717) is 0 Å². The highest BCUT2D eigenvalue weighted by Crippen LogP contribution is 2.28. The van der Waals surface area contributed by atoms with Crippen molar-refractivity contribution in [3.63, 3.8) is 0 Å². The smallest absolute Gasteiger partial charge is 0.325 e. The first-order chi connectivity index (χ1) is 9.03. The number of benzene rings is 1. The summed E-state index contributed by atoms with van der Waals surface area (Å²) < 4.78 is 4.81. The number of hydrogen-bond donors (Lipinski definition) is 1. The number of thioether (sulfide) groups is 1. The monoisotopic (exact) mass is 301 g/mol. The average molecular weight is 302 g/mol. The van der Waals surface area contributed by atoms with E-state index >= 15 is 0 Å². The predicted octanol–water partition coefficient (Wildman–Crippen LogP) is 3.36. The van der Waals surface area contributed by atoms with Gasteiger partial charge in [0, 0.05) is 4.90 Å². The Morgan fingerprint density at radius 2 is 2.16 bits per heavy atom. The van der Waals surface area contributed by atoms with Crippen molar-refractivity contribution >= 4 is 29.3 Å². The molecule has 1 aromatic rings. The summed E-state index contributed by atoms with van der Waals surface area (Å²) in [6.45, 7) is 1.86. The van der Waals surface area contributed by atoms with Gasteiger partial charge in [-0.15, -0.1) is 11.8 Å². The lowest BCUT2D eigenvalue weighted by Gasteiger charge is -2.25. The minimum Gasteiger partial charge on any atom is -0.468 e. The molecule has 1 unspecified atom stereocenters. The van der Waals surface area contributed by atoms with E-state index in [9.17, 15) is 4.79 Å². The highest BCUT2D eigenvalue weighted by molar-refractivity contribution is 7.99. The summed E-state index contributed by atoms with van der Waals surface area (Å²) >= 11 is 7.79. The first kappa shape index (κ1) is 16.3. The van der Waals surface area contributed by atoms with Gasteiger partial charge in [0.15, 0.2) is 0 Å². The highest BCUT2D eigenvalue weighted by Gasteiger charge is 2.31. The Morgan fingerprint density at radius 3 is 2.74 bits per heavy atom. The molecule has 106 valence electrons. The average Bonchev–Trinajstić information content (AvgIpc) is 2.44. The molecule has 0 saturated carbocycles. The maximum Gasteiger partial charge on any atom is 0.325 e. The largest absolute Gasteiger partial charge is 0.468 e. The van der Waals surface area contributed by atoms with Crippen molar-refractivity contribution in [2.45, 2.75) is 30.2 Å². The Labute approximate surface area is 124 Å². The molecule has 19 heavy (non-hydrogen) atoms. The Kier molecular flexibility index (Phi) is 6.69. The van der Waals surface area contributed by atoms with Crippen LogP contribution >= 0.6 is 23.4 Å². The summed E-state index contributed by atoms with van der Waals surface area (Å²) in [5.41, 5.74) is -0.615. The zero-order chi connectivity index (χ0) is 14.3. The van der Waals surface area contributed by atoms with E-state index in [1.165, 1.54) is 7.11 Å². The van der Waals surface area contributed by atoms with Gasteiger partial charge in [-0.3, -0.25) is 4.79 Å². The molecule has 0 bridgehead atoms. The fraction of sp³-hybridized carbons (Fsp3) is 0.500. The van der Waals surface area contributed by atoms with E-state index in [1.807, 2.05) is 31.2 Å². The molecule has 1 aromatic carbocycles. The van der Waals surface area contributed by atoms with Crippen LogP contribution in [-0.2, 0) is 9.53 Å². The second-order valence-corrected chi connectivity index (χ2v) is 6.00. The molecule has 0 radical (unpaired) electrons. The number of likely N-dealkylation sites (N-methyl/N-ethyl adjacent to an activating group) is 1. The van der Waals surface area contributed by atoms with Crippen LogP contribution in [0.25, 0.3) is 0 Å². The van der Waals surface area contributed by atoms with Crippen molar-refractivity contribution in [2.24, 2.45) is 0 Å². The van der Waals surface area contributed by atoms with Crippen LogP contribution in [0.2, 0.25) is 5.02 Å². The van der Waals surface area contributed by atoms with Gasteiger partial charge in [0.25, 0.3) is 0 Å². The summed E-state index contributed by atoms with van der Waals surface area (Å²) in [6, 6.07) is 7.78. The van der Waals surface area contributed by atoms with E-state index in [0.717, 1.165) is 28.5 Å². The minimum atomic E-state index is -0.615. The van der Waals surface area contributed by atoms with Crippen LogP contribution in [0.15, 0.2) is 29.2 Å². The van der Waals surface area contributed by atoms with Gasteiger partial charge in [-0.05, 0) is 44.7 Å². The minimum absolute atomic E-state index is 0.224. The molecule has 0 spiro atoms. The van der Waals surface area contributed by atoms with E-state index in [1.54, 1.807) is 18.8 Å². The van der Waals surface area contributed by atoms with Gasteiger partial charge in [0.1, 0.15) is 5.54 Å². The topological polar surface area (TPSA) is 38.3 Å². The molecule has 1 N–H and O–H groups in total. The Balaban J connectivity index is 2.42. The van der Waals surface area contributed by atoms with E-state index < -0.39 is 5.54 Å². The molecule has 0 aromatic heterocycles. The van der Waals surface area contributed by atoms with Crippen LogP contribution in [0.5, 0.6) is 0 Å². The molecule has 0 heterocycles. The second-order valence-electron chi connectivity index (χ2n) is 4.46. The van der Waals surface area contributed by atoms with Crippen LogP contribution in [-0.4, -0.2) is 31.4 Å². The lowest BCUT2D eigenvalue weighted by Crippen LogP contribution is -2.48. The van der Waals surface area contributed by atoms with Gasteiger partial charge >= 0.3 is 5.97 Å². The zero-order valence-electron chi connectivity index (χ0n) is 11.5. The number of carbonyl (C=O) groups is 1. The third-order valence-corrected chi connectivity index (χ3v) is 4.70. The molecular formula is C14H20ClNO2S. The standard InChI is InChI=1S/C14H20ClNO2S/c1-14(16-2,13(17)18-3)9-6-10-19-12-8-5-4-7-11(12)15/h4-5,7-8,16H,6,9-10H2,1-3H3. The maximum atomic E-state index is 11.7. The first-order valence-corrected chi connectivity index (χ1v) is 7.54. The molecule has 1 rings (SSSR count). The fourth-order valence-corrected chi connectivity index (χ4v) is 2.91. The predicted molar refractivity (Wildman–Crippen MR) is 80.9 cm³/mol. The van der Waals surface area contributed by atoms with Crippen LogP contribution in [0.1, 0.15) is 19.8 Å². The Bertz CT molecular complexity index is 428. The number of hydrogen-bond acceptors (Lipinski definition) is 4. The van der Waals surface area contributed by atoms with Crippen molar-refractivity contribution in [2.75, 3.05) is 19.9 Å². The number of esters is 1. The van der Waals surface area contributed by atoms with Gasteiger partial charge in [0.2, 0.25) is 0 Å². The highest BCUT2D eigenvalue weighted by atomic mass is 35.5. The summed E-state index contributed by atoms with van der Waals surface area (Å²) in [6.07, 6.45) is 1.63. The molecule has 0 amide bonds. The molecule has 0 saturated heterocycles. The van der Waals surface area contributed by atoms with Gasteiger partial charge < -0.3 is 10.1 Å². The third kappa shape index (κ3) is 4.71. The Hall–Kier alpha value is -0.710. The van der Waals surface area contributed by atoms with Crippen LogP contribution in [0.3, 0.4) is 0 Å². The van der Waals surface area contributed by atoms with Crippen molar-refractivity contribution in [3.05, 3.63) is 29.3 Å². The van der Waals surface area contributed by atoms with Crippen molar-refractivity contribution < 1.29 is 9.53 Å². The van der Waals surface area contributed by atoms with Crippen molar-refractivity contribution in [1.29, 1.82) is 0 Å². The normalized spacial score (nSPS) is 13.9. The SMILES string of the molecule is CNC(C)(CCCSc1ccccc1Cl)C(=O)OC. The molecule has 0 fully saturated rings. The molecule has 5 heteroatoms.